The van der Waals surface area contributed by atoms with Crippen LogP contribution < -0.4 is 4.57 Å². The van der Waals surface area contributed by atoms with Crippen LogP contribution in [0.25, 0.3) is 10.8 Å². The van der Waals surface area contributed by atoms with Crippen LogP contribution >= 0.6 is 15.9 Å². The Bertz CT molecular complexity index is 1410. The Hall–Kier alpha value is -3.46. The summed E-state index contributed by atoms with van der Waals surface area (Å²) in [7, 11) is 0. The SMILES string of the molecule is O=C1c2cccc3c(Br)ccc(c23)C(=O)N1CCCCn1c[n+](Cc2ccc(F)cc2F)cn1. The number of rotatable bonds is 7. The Labute approximate surface area is 202 Å². The molecule has 2 amide bonds. The lowest BCUT2D eigenvalue weighted by atomic mass is 9.94. The average molecular weight is 526 g/mol. The zero-order chi connectivity index (χ0) is 23.8. The molecule has 0 unspecified atom stereocenters. The average Bonchev–Trinajstić information content (AvgIpc) is 3.27. The van der Waals surface area contributed by atoms with E-state index in [-0.39, 0.29) is 18.4 Å². The third-order valence-electron chi connectivity index (χ3n) is 5.96. The van der Waals surface area contributed by atoms with E-state index < -0.39 is 11.6 Å². The lowest BCUT2D eigenvalue weighted by molar-refractivity contribution is -0.689. The van der Waals surface area contributed by atoms with Crippen LogP contribution in [0.4, 0.5) is 8.78 Å². The second-order valence-electron chi connectivity index (χ2n) is 8.21. The molecule has 3 aromatic carbocycles. The predicted molar refractivity (Wildman–Crippen MR) is 124 cm³/mol. The molecular weight excluding hydrogens is 506 g/mol. The van der Waals surface area contributed by atoms with E-state index in [1.54, 1.807) is 34.0 Å². The van der Waals surface area contributed by atoms with E-state index in [2.05, 4.69) is 21.0 Å². The fourth-order valence-electron chi connectivity index (χ4n) is 4.26. The molecule has 1 aromatic heterocycles. The molecule has 0 atom stereocenters. The number of aryl methyl sites for hydroxylation is 1. The molecule has 2 heterocycles. The maximum absolute atomic E-state index is 13.9. The molecule has 4 aromatic rings. The molecule has 0 saturated heterocycles. The quantitative estimate of drug-likeness (QED) is 0.203. The number of halogens is 3. The molecule has 5 rings (SSSR count). The van der Waals surface area contributed by atoms with Gasteiger partial charge in [0.15, 0.2) is 0 Å². The van der Waals surface area contributed by atoms with Crippen LogP contribution in [0.2, 0.25) is 0 Å². The fraction of sp³-hybridized carbons (Fsp3) is 0.200. The largest absolute Gasteiger partial charge is 0.274 e. The van der Waals surface area contributed by atoms with Gasteiger partial charge in [0.1, 0.15) is 18.2 Å². The van der Waals surface area contributed by atoms with E-state index in [4.69, 9.17) is 0 Å². The molecule has 0 radical (unpaired) electrons. The van der Waals surface area contributed by atoms with Crippen molar-refractivity contribution in [3.05, 3.63) is 94.0 Å². The number of unbranched alkanes of at least 4 members (excludes halogenated alkanes) is 1. The third-order valence-corrected chi connectivity index (χ3v) is 6.65. The first-order chi connectivity index (χ1) is 16.4. The summed E-state index contributed by atoms with van der Waals surface area (Å²) < 4.78 is 31.2. The molecule has 172 valence electrons. The number of nitrogens with zero attached hydrogens (tertiary/aromatic N) is 4. The van der Waals surface area contributed by atoms with Crippen molar-refractivity contribution < 1.29 is 22.9 Å². The summed E-state index contributed by atoms with van der Waals surface area (Å²) in [6, 6.07) is 12.6. The topological polar surface area (TPSA) is 59.1 Å². The Kier molecular flexibility index (Phi) is 5.95. The molecular formula is C25H20BrF2N4O2+. The lowest BCUT2D eigenvalue weighted by Gasteiger charge is -2.27. The van der Waals surface area contributed by atoms with Gasteiger partial charge in [-0.1, -0.05) is 28.1 Å². The van der Waals surface area contributed by atoms with Gasteiger partial charge < -0.3 is 0 Å². The molecule has 0 bridgehead atoms. The van der Waals surface area contributed by atoms with Gasteiger partial charge in [-0.15, -0.1) is 4.68 Å². The number of carbonyl (C=O) groups excluding carboxylic acids is 2. The van der Waals surface area contributed by atoms with Crippen LogP contribution in [0.3, 0.4) is 0 Å². The maximum atomic E-state index is 13.9. The van der Waals surface area contributed by atoms with Crippen LogP contribution in [-0.2, 0) is 13.1 Å². The summed E-state index contributed by atoms with van der Waals surface area (Å²) >= 11 is 3.49. The Balaban J connectivity index is 1.20. The summed E-state index contributed by atoms with van der Waals surface area (Å²) in [6.07, 6.45) is 4.64. The molecule has 9 heteroatoms. The molecule has 0 aliphatic carbocycles. The van der Waals surface area contributed by atoms with Gasteiger partial charge in [-0.05, 0) is 48.6 Å². The van der Waals surface area contributed by atoms with Crippen LogP contribution in [0.1, 0.15) is 39.1 Å². The highest BCUT2D eigenvalue weighted by atomic mass is 79.9. The van der Waals surface area contributed by atoms with Crippen molar-refractivity contribution in [2.75, 3.05) is 6.54 Å². The molecule has 1 aliphatic heterocycles. The number of benzene rings is 3. The number of hydrogen-bond acceptors (Lipinski definition) is 3. The van der Waals surface area contributed by atoms with Gasteiger partial charge in [-0.25, -0.2) is 13.3 Å². The molecule has 0 N–H and O–H groups in total. The summed E-state index contributed by atoms with van der Waals surface area (Å²) in [5.41, 5.74) is 1.44. The van der Waals surface area contributed by atoms with E-state index in [9.17, 15) is 18.4 Å². The first kappa shape index (κ1) is 22.3. The normalized spacial score (nSPS) is 13.2. The summed E-state index contributed by atoms with van der Waals surface area (Å²) in [5.74, 6) is -1.76. The Morgan fingerprint density at radius 1 is 0.941 bits per heavy atom. The highest BCUT2D eigenvalue weighted by Gasteiger charge is 2.32. The van der Waals surface area contributed by atoms with E-state index >= 15 is 0 Å². The summed E-state index contributed by atoms with van der Waals surface area (Å²) in [6.45, 7) is 1.13. The lowest BCUT2D eigenvalue weighted by Crippen LogP contribution is -2.41. The van der Waals surface area contributed by atoms with Crippen molar-refractivity contribution in [1.82, 2.24) is 14.7 Å². The Morgan fingerprint density at radius 3 is 2.50 bits per heavy atom. The van der Waals surface area contributed by atoms with Gasteiger partial charge in [0.25, 0.3) is 18.1 Å². The van der Waals surface area contributed by atoms with E-state index in [1.165, 1.54) is 17.0 Å². The molecule has 34 heavy (non-hydrogen) atoms. The van der Waals surface area contributed by atoms with Crippen LogP contribution in [0.5, 0.6) is 0 Å². The third kappa shape index (κ3) is 4.11. The minimum Gasteiger partial charge on any atom is -0.274 e. The Morgan fingerprint density at radius 2 is 1.71 bits per heavy atom. The van der Waals surface area contributed by atoms with Gasteiger partial charge in [-0.3, -0.25) is 14.5 Å². The highest BCUT2D eigenvalue weighted by molar-refractivity contribution is 9.10. The van der Waals surface area contributed by atoms with Crippen molar-refractivity contribution >= 4 is 38.5 Å². The van der Waals surface area contributed by atoms with Gasteiger partial charge in [0.05, 0.1) is 6.54 Å². The van der Waals surface area contributed by atoms with Crippen molar-refractivity contribution in [2.24, 2.45) is 0 Å². The molecule has 1 aliphatic rings. The van der Waals surface area contributed by atoms with Crippen molar-refractivity contribution in [1.29, 1.82) is 0 Å². The van der Waals surface area contributed by atoms with Gasteiger partial charge in [0.2, 0.25) is 6.33 Å². The molecule has 0 saturated carbocycles. The number of imide groups is 1. The van der Waals surface area contributed by atoms with Crippen molar-refractivity contribution in [3.63, 3.8) is 0 Å². The van der Waals surface area contributed by atoms with Crippen LogP contribution in [0.15, 0.2) is 65.7 Å². The second-order valence-corrected chi connectivity index (χ2v) is 9.06. The van der Waals surface area contributed by atoms with E-state index in [1.807, 2.05) is 18.2 Å². The number of aromatic nitrogens is 3. The fourth-order valence-corrected chi connectivity index (χ4v) is 4.73. The van der Waals surface area contributed by atoms with Crippen LogP contribution in [-0.4, -0.2) is 33.0 Å². The smallest absolute Gasteiger partial charge is 0.265 e. The highest BCUT2D eigenvalue weighted by Crippen LogP contribution is 2.34. The monoisotopic (exact) mass is 525 g/mol. The minimum atomic E-state index is -0.611. The zero-order valence-corrected chi connectivity index (χ0v) is 19.6. The molecule has 6 nitrogen and oxygen atoms in total. The van der Waals surface area contributed by atoms with Crippen molar-refractivity contribution in [2.45, 2.75) is 25.9 Å². The molecule has 0 spiro atoms. The predicted octanol–water partition coefficient (Wildman–Crippen LogP) is 4.49. The van der Waals surface area contributed by atoms with E-state index in [0.717, 1.165) is 15.9 Å². The minimum absolute atomic E-state index is 0.240. The number of hydrogen-bond donors (Lipinski definition) is 0. The van der Waals surface area contributed by atoms with Gasteiger partial charge in [-0.2, -0.15) is 0 Å². The van der Waals surface area contributed by atoms with Gasteiger partial charge >= 0.3 is 0 Å². The van der Waals surface area contributed by atoms with Gasteiger partial charge in [0, 0.05) is 44.3 Å². The van der Waals surface area contributed by atoms with E-state index in [0.29, 0.717) is 48.0 Å². The second kappa shape index (κ2) is 9.06. The summed E-state index contributed by atoms with van der Waals surface area (Å²) in [5, 5.41) is 5.82. The molecule has 0 fully saturated rings. The standard InChI is InChI=1S/C25H20BrF2N4O2/c26-21-9-8-20-23-18(21)4-3-5-19(23)24(33)32(25(20)34)11-2-1-10-31-15-30(14-29-31)13-16-6-7-17(27)12-22(16)28/h3-9,12,14-15H,1-2,10-11,13H2/q+1. The first-order valence-electron chi connectivity index (χ1n) is 10.9. The first-order valence-corrected chi connectivity index (χ1v) is 11.6. The maximum Gasteiger partial charge on any atom is 0.265 e. The van der Waals surface area contributed by atoms with Crippen molar-refractivity contribution in [3.8, 4) is 0 Å². The number of amides is 2. The summed E-state index contributed by atoms with van der Waals surface area (Å²) in [4.78, 5) is 27.4. The number of carbonyl (C=O) groups is 2. The van der Waals surface area contributed by atoms with Crippen LogP contribution in [0, 0.1) is 11.6 Å². The zero-order valence-electron chi connectivity index (χ0n) is 18.0.